The van der Waals surface area contributed by atoms with Crippen LogP contribution in [0.4, 0.5) is 0 Å². The molecule has 0 radical (unpaired) electrons. The van der Waals surface area contributed by atoms with Crippen LogP contribution in [0.5, 0.6) is 0 Å². The Balaban J connectivity index is 1.89. The van der Waals surface area contributed by atoms with Crippen molar-refractivity contribution in [1.29, 1.82) is 0 Å². The van der Waals surface area contributed by atoms with Gasteiger partial charge in [0, 0.05) is 25.4 Å². The van der Waals surface area contributed by atoms with Gasteiger partial charge in [-0.15, -0.1) is 0 Å². The fourth-order valence-electron chi connectivity index (χ4n) is 2.83. The van der Waals surface area contributed by atoms with Crippen molar-refractivity contribution in [2.24, 2.45) is 0 Å². The highest BCUT2D eigenvalue weighted by Crippen LogP contribution is 2.12. The largest absolute Gasteiger partial charge is 0.395 e. The van der Waals surface area contributed by atoms with Crippen LogP contribution < -0.4 is 0 Å². The minimum absolute atomic E-state index is 0.196. The molecule has 1 rings (SSSR count). The minimum Gasteiger partial charge on any atom is -0.395 e. The molecule has 0 atom stereocenters. The van der Waals surface area contributed by atoms with Gasteiger partial charge in [-0.1, -0.05) is 71.1 Å². The van der Waals surface area contributed by atoms with Crippen LogP contribution in [0.1, 0.15) is 83.4 Å². The second-order valence-corrected chi connectivity index (χ2v) is 6.05. The summed E-state index contributed by atoms with van der Waals surface area (Å²) in [7, 11) is 0. The van der Waals surface area contributed by atoms with Gasteiger partial charge in [0.05, 0.1) is 6.61 Å². The van der Waals surface area contributed by atoms with Crippen LogP contribution in [-0.2, 0) is 13.0 Å². The fourth-order valence-corrected chi connectivity index (χ4v) is 2.83. The highest BCUT2D eigenvalue weighted by atomic mass is 16.3. The van der Waals surface area contributed by atoms with Crippen molar-refractivity contribution in [2.75, 3.05) is 6.61 Å². The molecular formula is C18H34N2O. The van der Waals surface area contributed by atoms with E-state index in [0.717, 1.165) is 12.2 Å². The lowest BCUT2D eigenvalue weighted by molar-refractivity contribution is 0.274. The summed E-state index contributed by atoms with van der Waals surface area (Å²) in [6, 6.07) is 0. The Morgan fingerprint density at radius 2 is 1.48 bits per heavy atom. The number of rotatable bonds is 14. The van der Waals surface area contributed by atoms with Crippen molar-refractivity contribution in [3.05, 3.63) is 18.2 Å². The van der Waals surface area contributed by atoms with Crippen molar-refractivity contribution >= 4 is 0 Å². The van der Waals surface area contributed by atoms with E-state index in [4.69, 9.17) is 5.11 Å². The normalized spacial score (nSPS) is 11.1. The molecule has 122 valence electrons. The lowest BCUT2D eigenvalue weighted by atomic mass is 10.1. The van der Waals surface area contributed by atoms with Crippen LogP contribution in [0.2, 0.25) is 0 Å². The second kappa shape index (κ2) is 12.9. The molecule has 0 bridgehead atoms. The van der Waals surface area contributed by atoms with Gasteiger partial charge in [-0.2, -0.15) is 0 Å². The summed E-state index contributed by atoms with van der Waals surface area (Å²) in [6.45, 7) is 3.14. The molecule has 1 N–H and O–H groups in total. The van der Waals surface area contributed by atoms with E-state index >= 15 is 0 Å². The van der Waals surface area contributed by atoms with E-state index in [1.807, 2.05) is 12.4 Å². The Morgan fingerprint density at radius 3 is 2.05 bits per heavy atom. The van der Waals surface area contributed by atoms with E-state index in [2.05, 4.69) is 16.5 Å². The maximum atomic E-state index is 8.97. The molecule has 0 saturated carbocycles. The smallest absolute Gasteiger partial charge is 0.108 e. The highest BCUT2D eigenvalue weighted by Gasteiger charge is 2.01. The van der Waals surface area contributed by atoms with E-state index in [1.54, 1.807) is 0 Å². The van der Waals surface area contributed by atoms with Gasteiger partial charge >= 0.3 is 0 Å². The average Bonchev–Trinajstić information content (AvgIpc) is 2.92. The van der Waals surface area contributed by atoms with Crippen LogP contribution in [-0.4, -0.2) is 21.3 Å². The predicted molar refractivity (Wildman–Crippen MR) is 89.5 cm³/mol. The first-order valence-electron chi connectivity index (χ1n) is 8.99. The summed E-state index contributed by atoms with van der Waals surface area (Å²) in [5, 5.41) is 8.97. The van der Waals surface area contributed by atoms with Gasteiger partial charge < -0.3 is 9.67 Å². The van der Waals surface area contributed by atoms with E-state index < -0.39 is 0 Å². The third-order valence-electron chi connectivity index (χ3n) is 4.15. The molecule has 3 heteroatoms. The zero-order valence-corrected chi connectivity index (χ0v) is 13.9. The number of hydrogen-bond donors (Lipinski definition) is 1. The van der Waals surface area contributed by atoms with Crippen molar-refractivity contribution in [2.45, 2.75) is 90.5 Å². The molecule has 1 aromatic heterocycles. The topological polar surface area (TPSA) is 38.0 Å². The minimum atomic E-state index is 0.196. The quantitative estimate of drug-likeness (QED) is 0.504. The van der Waals surface area contributed by atoms with Crippen molar-refractivity contribution in [3.8, 4) is 0 Å². The van der Waals surface area contributed by atoms with Crippen molar-refractivity contribution < 1.29 is 5.11 Å². The van der Waals surface area contributed by atoms with Crippen LogP contribution in [0.3, 0.4) is 0 Å². The molecule has 0 aromatic carbocycles. The van der Waals surface area contributed by atoms with Crippen LogP contribution >= 0.6 is 0 Å². The summed E-state index contributed by atoms with van der Waals surface area (Å²) in [5.41, 5.74) is 0. The molecule has 0 unspecified atom stereocenters. The first-order valence-corrected chi connectivity index (χ1v) is 8.99. The van der Waals surface area contributed by atoms with E-state index in [-0.39, 0.29) is 6.61 Å². The number of aliphatic hydroxyl groups excluding tert-OH is 1. The molecule has 0 spiro atoms. The lowest BCUT2D eigenvalue weighted by Gasteiger charge is -2.06. The summed E-state index contributed by atoms with van der Waals surface area (Å²) in [5.74, 6) is 1.12. The van der Waals surface area contributed by atoms with E-state index in [0.29, 0.717) is 6.54 Å². The van der Waals surface area contributed by atoms with E-state index in [1.165, 1.54) is 70.6 Å². The van der Waals surface area contributed by atoms with Crippen LogP contribution in [0.25, 0.3) is 0 Å². The standard InChI is InChI=1S/C18H34N2O/c1-2-3-4-5-6-7-8-9-10-11-12-13-18-19-14-15-20(18)16-17-21/h14-15,21H,2-13,16-17H2,1H3. The summed E-state index contributed by atoms with van der Waals surface area (Å²) in [6.07, 6.45) is 20.0. The molecular weight excluding hydrogens is 260 g/mol. The molecule has 1 heterocycles. The number of nitrogens with zero attached hydrogens (tertiary/aromatic N) is 2. The summed E-state index contributed by atoms with van der Waals surface area (Å²) < 4.78 is 2.07. The van der Waals surface area contributed by atoms with Gasteiger partial charge in [-0.05, 0) is 6.42 Å². The van der Waals surface area contributed by atoms with Gasteiger partial charge in [0.25, 0.3) is 0 Å². The van der Waals surface area contributed by atoms with Crippen LogP contribution in [0, 0.1) is 0 Å². The molecule has 0 aliphatic rings. The fraction of sp³-hybridized carbons (Fsp3) is 0.833. The van der Waals surface area contributed by atoms with Crippen molar-refractivity contribution in [1.82, 2.24) is 9.55 Å². The number of imidazole rings is 1. The predicted octanol–water partition coefficient (Wildman–Crippen LogP) is 4.73. The van der Waals surface area contributed by atoms with Crippen molar-refractivity contribution in [3.63, 3.8) is 0 Å². The number of aromatic nitrogens is 2. The number of aliphatic hydroxyl groups is 1. The monoisotopic (exact) mass is 294 g/mol. The third kappa shape index (κ3) is 8.92. The van der Waals surface area contributed by atoms with Gasteiger partial charge in [-0.25, -0.2) is 4.98 Å². The first kappa shape index (κ1) is 18.2. The number of hydrogen-bond acceptors (Lipinski definition) is 2. The van der Waals surface area contributed by atoms with Gasteiger partial charge in [-0.3, -0.25) is 0 Å². The Bertz CT molecular complexity index is 336. The van der Waals surface area contributed by atoms with Crippen LogP contribution in [0.15, 0.2) is 12.4 Å². The zero-order chi connectivity index (χ0) is 15.2. The van der Waals surface area contributed by atoms with E-state index in [9.17, 15) is 0 Å². The molecule has 1 aromatic rings. The third-order valence-corrected chi connectivity index (χ3v) is 4.15. The Hall–Kier alpha value is -0.830. The van der Waals surface area contributed by atoms with Gasteiger partial charge in [0.1, 0.15) is 5.82 Å². The molecule has 0 saturated heterocycles. The SMILES string of the molecule is CCCCCCCCCCCCCc1nccn1CCO. The Morgan fingerprint density at radius 1 is 0.905 bits per heavy atom. The summed E-state index contributed by atoms with van der Waals surface area (Å²) >= 11 is 0. The molecule has 21 heavy (non-hydrogen) atoms. The number of unbranched alkanes of at least 4 members (excludes halogenated alkanes) is 10. The molecule has 0 amide bonds. The zero-order valence-electron chi connectivity index (χ0n) is 13.9. The molecule has 3 nitrogen and oxygen atoms in total. The Labute approximate surface area is 130 Å². The van der Waals surface area contributed by atoms with Gasteiger partial charge in [0.15, 0.2) is 0 Å². The average molecular weight is 294 g/mol. The molecule has 0 fully saturated rings. The van der Waals surface area contributed by atoms with Gasteiger partial charge in [0.2, 0.25) is 0 Å². The Kier molecular flexibility index (Phi) is 11.2. The second-order valence-electron chi connectivity index (χ2n) is 6.05. The molecule has 0 aliphatic carbocycles. The summed E-state index contributed by atoms with van der Waals surface area (Å²) in [4.78, 5) is 4.37. The number of aryl methyl sites for hydroxylation is 1. The maximum absolute atomic E-state index is 8.97. The highest BCUT2D eigenvalue weighted by molar-refractivity contribution is 4.92. The first-order chi connectivity index (χ1) is 10.4. The molecule has 0 aliphatic heterocycles. The maximum Gasteiger partial charge on any atom is 0.108 e. The lowest BCUT2D eigenvalue weighted by Crippen LogP contribution is -2.06.